The molecule has 1 aromatic heterocycles. The van der Waals surface area contributed by atoms with Crippen LogP contribution in [0.4, 0.5) is 16.2 Å². The van der Waals surface area contributed by atoms with Gasteiger partial charge in [-0.05, 0) is 63.4 Å². The summed E-state index contributed by atoms with van der Waals surface area (Å²) in [4.78, 5) is 43.3. The Morgan fingerprint density at radius 1 is 1.05 bits per heavy atom. The average Bonchev–Trinajstić information content (AvgIpc) is 2.85. The molecule has 4 rings (SSSR count). The smallest absolute Gasteiger partial charge is 0.410 e. The molecule has 2 N–H and O–H groups in total. The largest absolute Gasteiger partial charge is 0.506 e. The third-order valence-corrected chi connectivity index (χ3v) is 6.57. The molecule has 1 aliphatic rings. The molecule has 9 nitrogen and oxygen atoms in total. The maximum absolute atomic E-state index is 13.6. The monoisotopic (exact) mass is 534 g/mol. The molecule has 3 aromatic rings. The SMILES string of the molecule is Cc1cccc(NC(=O)c2c(O)c3c(N4CCN(C(=O)OC(C)(C)C)CC4)cccc3n(CC(C)C)c2=O)c1. The summed E-state index contributed by atoms with van der Waals surface area (Å²) in [6.45, 7) is 13.7. The normalized spacial score (nSPS) is 14.1. The highest BCUT2D eigenvalue weighted by atomic mass is 16.6. The van der Waals surface area contributed by atoms with Crippen molar-refractivity contribution in [2.24, 2.45) is 5.92 Å². The number of nitrogens with zero attached hydrogens (tertiary/aromatic N) is 3. The van der Waals surface area contributed by atoms with Crippen LogP contribution in [0.15, 0.2) is 47.3 Å². The van der Waals surface area contributed by atoms with E-state index < -0.39 is 17.1 Å². The van der Waals surface area contributed by atoms with Gasteiger partial charge < -0.3 is 29.5 Å². The van der Waals surface area contributed by atoms with Gasteiger partial charge in [0.05, 0.1) is 10.9 Å². The molecular weight excluding hydrogens is 496 g/mol. The van der Waals surface area contributed by atoms with Crippen LogP contribution in [0.2, 0.25) is 0 Å². The van der Waals surface area contributed by atoms with Crippen LogP contribution in [0.1, 0.15) is 50.5 Å². The zero-order valence-electron chi connectivity index (χ0n) is 23.6. The maximum Gasteiger partial charge on any atom is 0.410 e. The number of carbonyl (C=O) groups excluding carboxylic acids is 2. The van der Waals surface area contributed by atoms with Crippen LogP contribution < -0.4 is 15.8 Å². The van der Waals surface area contributed by atoms with E-state index in [0.717, 1.165) is 5.56 Å². The molecule has 0 atom stereocenters. The molecule has 2 aromatic carbocycles. The van der Waals surface area contributed by atoms with Gasteiger partial charge in [0.1, 0.15) is 16.9 Å². The number of ether oxygens (including phenoxy) is 1. The Hall–Kier alpha value is -4.01. The minimum Gasteiger partial charge on any atom is -0.506 e. The summed E-state index contributed by atoms with van der Waals surface area (Å²) in [5, 5.41) is 14.7. The molecule has 0 bridgehead atoms. The minimum atomic E-state index is -0.660. The Balaban J connectivity index is 1.75. The number of pyridine rings is 1. The van der Waals surface area contributed by atoms with Gasteiger partial charge in [0, 0.05) is 44.1 Å². The number of aryl methyl sites for hydroxylation is 1. The van der Waals surface area contributed by atoms with Gasteiger partial charge in [0.25, 0.3) is 11.5 Å². The Morgan fingerprint density at radius 3 is 2.33 bits per heavy atom. The molecule has 0 saturated carbocycles. The highest BCUT2D eigenvalue weighted by molar-refractivity contribution is 6.11. The van der Waals surface area contributed by atoms with Crippen molar-refractivity contribution in [3.63, 3.8) is 0 Å². The van der Waals surface area contributed by atoms with Gasteiger partial charge in [-0.3, -0.25) is 9.59 Å². The van der Waals surface area contributed by atoms with Crippen LogP contribution in [0.3, 0.4) is 0 Å². The maximum atomic E-state index is 13.6. The van der Waals surface area contributed by atoms with Crippen molar-refractivity contribution in [1.29, 1.82) is 0 Å². The first-order valence-corrected chi connectivity index (χ1v) is 13.3. The van der Waals surface area contributed by atoms with Gasteiger partial charge in [-0.25, -0.2) is 4.79 Å². The molecule has 39 heavy (non-hydrogen) atoms. The van der Waals surface area contributed by atoms with E-state index >= 15 is 0 Å². The number of piperazine rings is 1. The first-order valence-electron chi connectivity index (χ1n) is 13.3. The van der Waals surface area contributed by atoms with Crippen molar-refractivity contribution in [3.05, 3.63) is 63.9 Å². The molecule has 1 aliphatic heterocycles. The minimum absolute atomic E-state index is 0.129. The fourth-order valence-corrected chi connectivity index (χ4v) is 4.85. The number of hydrogen-bond donors (Lipinski definition) is 2. The number of anilines is 2. The lowest BCUT2D eigenvalue weighted by Crippen LogP contribution is -2.50. The molecule has 1 fully saturated rings. The van der Waals surface area contributed by atoms with Crippen molar-refractivity contribution in [3.8, 4) is 5.75 Å². The van der Waals surface area contributed by atoms with Crippen molar-refractivity contribution in [2.45, 2.75) is 53.7 Å². The second kappa shape index (κ2) is 11.0. The Labute approximate surface area is 229 Å². The Morgan fingerprint density at radius 2 is 1.72 bits per heavy atom. The molecule has 0 spiro atoms. The summed E-state index contributed by atoms with van der Waals surface area (Å²) in [5.41, 5.74) is 1.36. The lowest BCUT2D eigenvalue weighted by molar-refractivity contribution is 0.0240. The van der Waals surface area contributed by atoms with E-state index in [2.05, 4.69) is 10.2 Å². The highest BCUT2D eigenvalue weighted by Gasteiger charge is 2.29. The molecular formula is C30H38N4O5. The third-order valence-electron chi connectivity index (χ3n) is 6.57. The summed E-state index contributed by atoms with van der Waals surface area (Å²) in [7, 11) is 0. The third kappa shape index (κ3) is 6.19. The van der Waals surface area contributed by atoms with Crippen LogP contribution >= 0.6 is 0 Å². The number of fused-ring (bicyclic) bond motifs is 1. The predicted octanol–water partition coefficient (Wildman–Crippen LogP) is 4.98. The standard InChI is InChI=1S/C30H38N4O5/c1-19(2)18-34-23-12-8-11-22(32-13-15-33(16-14-32)29(38)39-30(4,5)6)24(23)26(35)25(28(34)37)27(36)31-21-10-7-9-20(3)17-21/h7-12,17,19,35H,13-16,18H2,1-6H3,(H,31,36). The summed E-state index contributed by atoms with van der Waals surface area (Å²) >= 11 is 0. The number of carbonyl (C=O) groups is 2. The Kier molecular flexibility index (Phi) is 7.90. The fraction of sp³-hybridized carbons (Fsp3) is 0.433. The number of amides is 2. The van der Waals surface area contributed by atoms with E-state index in [9.17, 15) is 19.5 Å². The molecule has 2 amide bonds. The predicted molar refractivity (Wildman–Crippen MR) is 154 cm³/mol. The first-order chi connectivity index (χ1) is 18.4. The highest BCUT2D eigenvalue weighted by Crippen LogP contribution is 2.36. The zero-order valence-corrected chi connectivity index (χ0v) is 23.6. The molecule has 0 aliphatic carbocycles. The first kappa shape index (κ1) is 28.0. The van der Waals surface area contributed by atoms with E-state index in [1.807, 2.05) is 65.8 Å². The number of aromatic hydroxyl groups is 1. The van der Waals surface area contributed by atoms with Crippen LogP contribution in [0.25, 0.3) is 10.9 Å². The summed E-state index contributed by atoms with van der Waals surface area (Å²) in [6.07, 6.45) is -0.358. The van der Waals surface area contributed by atoms with Crippen LogP contribution in [-0.2, 0) is 11.3 Å². The van der Waals surface area contributed by atoms with Crippen molar-refractivity contribution >= 4 is 34.3 Å². The molecule has 0 radical (unpaired) electrons. The average molecular weight is 535 g/mol. The van der Waals surface area contributed by atoms with E-state index in [1.165, 1.54) is 0 Å². The van der Waals surface area contributed by atoms with Gasteiger partial charge in [-0.1, -0.05) is 32.0 Å². The number of rotatable bonds is 5. The molecule has 208 valence electrons. The quantitative estimate of drug-likeness (QED) is 0.479. The number of hydrogen-bond acceptors (Lipinski definition) is 6. The molecule has 1 saturated heterocycles. The number of nitrogens with one attached hydrogen (secondary N) is 1. The number of aromatic nitrogens is 1. The van der Waals surface area contributed by atoms with Crippen LogP contribution in [0.5, 0.6) is 5.75 Å². The zero-order chi connectivity index (χ0) is 28.5. The number of benzene rings is 2. The fourth-order valence-electron chi connectivity index (χ4n) is 4.85. The summed E-state index contributed by atoms with van der Waals surface area (Å²) in [5.74, 6) is -0.874. The van der Waals surface area contributed by atoms with Crippen molar-refractivity contribution < 1.29 is 19.4 Å². The summed E-state index contributed by atoms with van der Waals surface area (Å²) < 4.78 is 7.09. The lowest BCUT2D eigenvalue weighted by Gasteiger charge is -2.37. The van der Waals surface area contributed by atoms with Gasteiger partial charge in [0.2, 0.25) is 0 Å². The molecule has 2 heterocycles. The molecule has 9 heteroatoms. The van der Waals surface area contributed by atoms with E-state index in [4.69, 9.17) is 4.74 Å². The molecule has 0 unspecified atom stereocenters. The van der Waals surface area contributed by atoms with E-state index in [-0.39, 0.29) is 23.3 Å². The summed E-state index contributed by atoms with van der Waals surface area (Å²) in [6, 6.07) is 12.8. The van der Waals surface area contributed by atoms with Crippen molar-refractivity contribution in [2.75, 3.05) is 36.4 Å². The van der Waals surface area contributed by atoms with Gasteiger partial charge >= 0.3 is 6.09 Å². The van der Waals surface area contributed by atoms with Gasteiger partial charge in [-0.2, -0.15) is 0 Å². The van der Waals surface area contributed by atoms with Crippen LogP contribution in [-0.4, -0.2) is 58.4 Å². The lowest BCUT2D eigenvalue weighted by atomic mass is 10.0. The second-order valence-corrected chi connectivity index (χ2v) is 11.5. The van der Waals surface area contributed by atoms with E-state index in [0.29, 0.717) is 55.0 Å². The second-order valence-electron chi connectivity index (χ2n) is 11.5. The van der Waals surface area contributed by atoms with E-state index in [1.54, 1.807) is 27.7 Å². The van der Waals surface area contributed by atoms with Gasteiger partial charge in [-0.15, -0.1) is 0 Å². The topological polar surface area (TPSA) is 104 Å². The Bertz CT molecular complexity index is 1450. The van der Waals surface area contributed by atoms with Crippen LogP contribution in [0, 0.1) is 12.8 Å². The van der Waals surface area contributed by atoms with Crippen molar-refractivity contribution in [1.82, 2.24) is 9.47 Å². The van der Waals surface area contributed by atoms with Gasteiger partial charge in [0.15, 0.2) is 0 Å².